The van der Waals surface area contributed by atoms with Crippen LogP contribution >= 0.6 is 0 Å². The van der Waals surface area contributed by atoms with E-state index in [1.807, 2.05) is 6.92 Å². The first kappa shape index (κ1) is 17.7. The molecule has 2 atom stereocenters. The molecule has 0 aromatic heterocycles. The van der Waals surface area contributed by atoms with Crippen molar-refractivity contribution in [1.29, 1.82) is 0 Å². The van der Waals surface area contributed by atoms with E-state index in [1.54, 1.807) is 0 Å². The maximum Gasteiger partial charge on any atom is 0.220 e. The van der Waals surface area contributed by atoms with Gasteiger partial charge in [-0.15, -0.1) is 0 Å². The van der Waals surface area contributed by atoms with E-state index in [9.17, 15) is 4.79 Å². The molecule has 3 heteroatoms. The molecule has 3 N–H and O–H groups in total. The summed E-state index contributed by atoms with van der Waals surface area (Å²) >= 11 is 0. The largest absolute Gasteiger partial charge is 0.349 e. The lowest BCUT2D eigenvalue weighted by molar-refractivity contribution is -0.122. The Morgan fingerprint density at radius 1 is 1.05 bits per heavy atom. The van der Waals surface area contributed by atoms with Crippen LogP contribution in [-0.4, -0.2) is 11.9 Å². The molecule has 1 rings (SSSR count). The van der Waals surface area contributed by atoms with Crippen LogP contribution < -0.4 is 11.1 Å². The second kappa shape index (κ2) is 8.18. The Bertz CT molecular complexity index is 435. The highest BCUT2D eigenvalue weighted by atomic mass is 16.1. The zero-order chi connectivity index (χ0) is 16.0. The molecular weight excluding hydrogens is 260 g/mol. The second-order valence-corrected chi connectivity index (χ2v) is 6.63. The molecule has 0 bridgehead atoms. The van der Waals surface area contributed by atoms with Crippen molar-refractivity contribution in [2.45, 2.75) is 65.5 Å². The van der Waals surface area contributed by atoms with Crippen LogP contribution in [0.4, 0.5) is 0 Å². The summed E-state index contributed by atoms with van der Waals surface area (Å²) in [6, 6.07) is 8.70. The number of carbonyl (C=O) groups excluding carboxylic acids is 1. The molecule has 0 aliphatic rings. The van der Waals surface area contributed by atoms with Crippen LogP contribution in [0.3, 0.4) is 0 Å². The molecular formula is C18H30N2O. The number of carbonyl (C=O) groups is 1. The van der Waals surface area contributed by atoms with Gasteiger partial charge in [-0.05, 0) is 36.3 Å². The van der Waals surface area contributed by atoms with Gasteiger partial charge in [0.15, 0.2) is 0 Å². The molecule has 2 unspecified atom stereocenters. The van der Waals surface area contributed by atoms with E-state index in [2.05, 4.69) is 57.3 Å². The van der Waals surface area contributed by atoms with Gasteiger partial charge < -0.3 is 11.1 Å². The molecule has 1 aromatic carbocycles. The van der Waals surface area contributed by atoms with Crippen molar-refractivity contribution in [3.8, 4) is 0 Å². The van der Waals surface area contributed by atoms with Gasteiger partial charge in [0.1, 0.15) is 0 Å². The lowest BCUT2D eigenvalue weighted by atomic mass is 9.93. The highest BCUT2D eigenvalue weighted by Gasteiger charge is 2.18. The first-order chi connectivity index (χ1) is 9.81. The van der Waals surface area contributed by atoms with E-state index in [0.717, 1.165) is 6.42 Å². The summed E-state index contributed by atoms with van der Waals surface area (Å²) in [7, 11) is 0. The molecule has 118 valence electrons. The summed E-state index contributed by atoms with van der Waals surface area (Å²) in [5, 5.41) is 3.14. The van der Waals surface area contributed by atoms with Crippen LogP contribution in [0.15, 0.2) is 24.3 Å². The fourth-order valence-corrected chi connectivity index (χ4v) is 2.33. The molecule has 0 radical (unpaired) electrons. The van der Waals surface area contributed by atoms with E-state index in [0.29, 0.717) is 18.3 Å². The predicted molar refractivity (Wildman–Crippen MR) is 89.1 cm³/mol. The van der Waals surface area contributed by atoms with E-state index >= 15 is 0 Å². The van der Waals surface area contributed by atoms with Crippen molar-refractivity contribution >= 4 is 5.91 Å². The summed E-state index contributed by atoms with van der Waals surface area (Å²) in [6.45, 7) is 10.6. The van der Waals surface area contributed by atoms with Crippen LogP contribution in [-0.2, 0) is 4.79 Å². The SMILES string of the molecule is CC(N)CCC(=O)NC(c1ccc(C(C)C)cc1)C(C)C. The van der Waals surface area contributed by atoms with E-state index in [4.69, 9.17) is 5.73 Å². The number of rotatable bonds is 7. The van der Waals surface area contributed by atoms with Gasteiger partial charge in [-0.1, -0.05) is 52.0 Å². The third kappa shape index (κ3) is 5.88. The molecule has 0 heterocycles. The molecule has 0 saturated heterocycles. The van der Waals surface area contributed by atoms with Crippen molar-refractivity contribution in [2.75, 3.05) is 0 Å². The molecule has 1 aromatic rings. The Morgan fingerprint density at radius 2 is 1.57 bits per heavy atom. The van der Waals surface area contributed by atoms with E-state index in [-0.39, 0.29) is 18.0 Å². The third-order valence-corrected chi connectivity index (χ3v) is 3.77. The maximum atomic E-state index is 12.0. The Balaban J connectivity index is 2.75. The molecule has 21 heavy (non-hydrogen) atoms. The quantitative estimate of drug-likeness (QED) is 0.803. The van der Waals surface area contributed by atoms with Gasteiger partial charge in [-0.2, -0.15) is 0 Å². The topological polar surface area (TPSA) is 55.1 Å². The fourth-order valence-electron chi connectivity index (χ4n) is 2.33. The second-order valence-electron chi connectivity index (χ2n) is 6.63. The summed E-state index contributed by atoms with van der Waals surface area (Å²) in [4.78, 5) is 12.0. The van der Waals surface area contributed by atoms with Crippen LogP contribution in [0.2, 0.25) is 0 Å². The normalized spacial score (nSPS) is 14.3. The minimum atomic E-state index is 0.0618. The minimum Gasteiger partial charge on any atom is -0.349 e. The summed E-state index contributed by atoms with van der Waals surface area (Å²) in [6.07, 6.45) is 1.22. The van der Waals surface area contributed by atoms with Crippen molar-refractivity contribution in [3.05, 3.63) is 35.4 Å². The number of benzene rings is 1. The first-order valence-electron chi connectivity index (χ1n) is 7.96. The Kier molecular flexibility index (Phi) is 6.90. The molecule has 0 fully saturated rings. The number of hydrogen-bond donors (Lipinski definition) is 2. The van der Waals surface area contributed by atoms with E-state index < -0.39 is 0 Å². The third-order valence-electron chi connectivity index (χ3n) is 3.77. The average molecular weight is 290 g/mol. The lowest BCUT2D eigenvalue weighted by Crippen LogP contribution is -2.32. The van der Waals surface area contributed by atoms with Gasteiger partial charge >= 0.3 is 0 Å². The zero-order valence-corrected chi connectivity index (χ0v) is 14.0. The highest BCUT2D eigenvalue weighted by Crippen LogP contribution is 2.24. The maximum absolute atomic E-state index is 12.0. The van der Waals surface area contributed by atoms with Gasteiger partial charge in [0.25, 0.3) is 0 Å². The van der Waals surface area contributed by atoms with Crippen LogP contribution in [0.5, 0.6) is 0 Å². The number of amides is 1. The van der Waals surface area contributed by atoms with Crippen molar-refractivity contribution in [1.82, 2.24) is 5.32 Å². The Hall–Kier alpha value is -1.35. The van der Waals surface area contributed by atoms with E-state index in [1.165, 1.54) is 11.1 Å². The van der Waals surface area contributed by atoms with Crippen molar-refractivity contribution in [2.24, 2.45) is 11.7 Å². The smallest absolute Gasteiger partial charge is 0.220 e. The highest BCUT2D eigenvalue weighted by molar-refractivity contribution is 5.76. The first-order valence-corrected chi connectivity index (χ1v) is 7.96. The summed E-state index contributed by atoms with van der Waals surface area (Å²) < 4.78 is 0. The summed E-state index contributed by atoms with van der Waals surface area (Å²) in [5.41, 5.74) is 8.20. The zero-order valence-electron chi connectivity index (χ0n) is 14.0. The Morgan fingerprint density at radius 3 is 2.00 bits per heavy atom. The minimum absolute atomic E-state index is 0.0618. The average Bonchev–Trinajstić information content (AvgIpc) is 2.42. The van der Waals surface area contributed by atoms with Crippen LogP contribution in [0, 0.1) is 5.92 Å². The molecule has 0 saturated carbocycles. The molecule has 0 spiro atoms. The molecule has 0 aliphatic carbocycles. The van der Waals surface area contributed by atoms with Gasteiger partial charge in [0.2, 0.25) is 5.91 Å². The lowest BCUT2D eigenvalue weighted by Gasteiger charge is -2.23. The molecule has 1 amide bonds. The van der Waals surface area contributed by atoms with Crippen LogP contribution in [0.1, 0.15) is 70.5 Å². The summed E-state index contributed by atoms with van der Waals surface area (Å²) in [5.74, 6) is 0.963. The fraction of sp³-hybridized carbons (Fsp3) is 0.611. The van der Waals surface area contributed by atoms with Gasteiger partial charge in [0, 0.05) is 12.5 Å². The van der Waals surface area contributed by atoms with Crippen molar-refractivity contribution < 1.29 is 4.79 Å². The number of nitrogens with one attached hydrogen (secondary N) is 1. The standard InChI is InChI=1S/C18H30N2O/c1-12(2)15-7-9-16(10-8-15)18(13(3)4)20-17(21)11-6-14(5)19/h7-10,12-14,18H,6,11,19H2,1-5H3,(H,20,21). The number of nitrogens with two attached hydrogens (primary N) is 1. The molecule has 0 aliphatic heterocycles. The van der Waals surface area contributed by atoms with Crippen molar-refractivity contribution in [3.63, 3.8) is 0 Å². The van der Waals surface area contributed by atoms with Gasteiger partial charge in [0.05, 0.1) is 6.04 Å². The predicted octanol–water partition coefficient (Wildman–Crippen LogP) is 3.75. The van der Waals surface area contributed by atoms with Gasteiger partial charge in [-0.25, -0.2) is 0 Å². The van der Waals surface area contributed by atoms with Gasteiger partial charge in [-0.3, -0.25) is 4.79 Å². The number of hydrogen-bond acceptors (Lipinski definition) is 2. The van der Waals surface area contributed by atoms with Crippen LogP contribution in [0.25, 0.3) is 0 Å². The molecule has 3 nitrogen and oxygen atoms in total. The Labute approximate surface area is 129 Å². The monoisotopic (exact) mass is 290 g/mol.